The van der Waals surface area contributed by atoms with E-state index < -0.39 is 5.60 Å². The van der Waals surface area contributed by atoms with Crippen LogP contribution in [-0.4, -0.2) is 81.4 Å². The highest BCUT2D eigenvalue weighted by molar-refractivity contribution is 5.80. The molecule has 0 radical (unpaired) electrons. The van der Waals surface area contributed by atoms with Crippen LogP contribution in [0, 0.1) is 0 Å². The van der Waals surface area contributed by atoms with Gasteiger partial charge in [-0.3, -0.25) is 4.99 Å². The first-order valence-corrected chi connectivity index (χ1v) is 10.4. The summed E-state index contributed by atoms with van der Waals surface area (Å²) in [5, 5.41) is 6.45. The lowest BCUT2D eigenvalue weighted by atomic mass is 10.1. The Labute approximate surface area is 180 Å². The summed E-state index contributed by atoms with van der Waals surface area (Å²) in [6.07, 6.45) is 0.486. The number of amides is 1. The lowest BCUT2D eigenvalue weighted by Gasteiger charge is -2.28. The van der Waals surface area contributed by atoms with Crippen LogP contribution in [0.3, 0.4) is 0 Å². The zero-order valence-corrected chi connectivity index (χ0v) is 19.4. The molecule has 1 aliphatic rings. The van der Waals surface area contributed by atoms with Gasteiger partial charge >= 0.3 is 6.09 Å². The van der Waals surface area contributed by atoms with Gasteiger partial charge in [0.15, 0.2) is 5.96 Å². The molecule has 1 aliphatic heterocycles. The van der Waals surface area contributed by atoms with E-state index in [0.29, 0.717) is 13.1 Å². The van der Waals surface area contributed by atoms with Crippen molar-refractivity contribution in [1.29, 1.82) is 0 Å². The van der Waals surface area contributed by atoms with Crippen LogP contribution >= 0.6 is 0 Å². The van der Waals surface area contributed by atoms with Crippen LogP contribution in [0.15, 0.2) is 29.3 Å². The molecule has 8 heteroatoms. The number of hydrogen-bond donors (Lipinski definition) is 2. The van der Waals surface area contributed by atoms with Crippen LogP contribution in [-0.2, 0) is 4.74 Å². The van der Waals surface area contributed by atoms with Crippen molar-refractivity contribution in [2.24, 2.45) is 4.99 Å². The average Bonchev–Trinajstić information content (AvgIpc) is 3.11. The van der Waals surface area contributed by atoms with Gasteiger partial charge in [-0.2, -0.15) is 0 Å². The molecule has 2 N–H and O–H groups in total. The maximum atomic E-state index is 12.0. The van der Waals surface area contributed by atoms with E-state index in [0.717, 1.165) is 24.7 Å². The summed E-state index contributed by atoms with van der Waals surface area (Å²) in [5.74, 6) is 1.68. The van der Waals surface area contributed by atoms with E-state index in [1.54, 1.807) is 14.2 Å². The number of nitrogens with zero attached hydrogens (tertiary/aromatic N) is 3. The summed E-state index contributed by atoms with van der Waals surface area (Å²) in [6, 6.07) is 8.37. The number of carbonyl (C=O) groups excluding carboxylic acids is 1. The third kappa shape index (κ3) is 7.09. The number of likely N-dealkylation sites (N-methyl/N-ethyl adjacent to an activating group) is 1. The summed E-state index contributed by atoms with van der Waals surface area (Å²) in [5.41, 5.74) is 0.706. The largest absolute Gasteiger partial charge is 0.497 e. The van der Waals surface area contributed by atoms with Gasteiger partial charge in [-0.1, -0.05) is 12.1 Å². The van der Waals surface area contributed by atoms with Gasteiger partial charge in [-0.05, 0) is 59.0 Å². The van der Waals surface area contributed by atoms with E-state index in [1.807, 2.05) is 32.9 Å². The first-order valence-electron chi connectivity index (χ1n) is 10.4. The number of benzene rings is 1. The number of guanidine groups is 1. The zero-order chi connectivity index (χ0) is 22.3. The standard InChI is InChI=1S/C22H37N5O3/c1-22(2,3)30-21(28)25-17-12-13-27(15-17)20(23-4)24-14-19(26(5)6)16-8-10-18(29-7)11-9-16/h8-11,17,19H,12-15H2,1-7H3,(H,23,24)(H,25,28). The number of carbonyl (C=O) groups is 1. The molecule has 2 rings (SSSR count). The van der Waals surface area contributed by atoms with Gasteiger partial charge in [0.05, 0.1) is 19.2 Å². The van der Waals surface area contributed by atoms with Crippen molar-refractivity contribution >= 4 is 12.1 Å². The summed E-state index contributed by atoms with van der Waals surface area (Å²) in [6.45, 7) is 7.84. The van der Waals surface area contributed by atoms with Crippen LogP contribution in [0.1, 0.15) is 38.8 Å². The van der Waals surface area contributed by atoms with Crippen LogP contribution in [0.2, 0.25) is 0 Å². The molecular formula is C22H37N5O3. The first-order chi connectivity index (χ1) is 14.1. The molecule has 2 unspecified atom stereocenters. The Bertz CT molecular complexity index is 712. The highest BCUT2D eigenvalue weighted by Crippen LogP contribution is 2.21. The summed E-state index contributed by atoms with van der Waals surface area (Å²) < 4.78 is 10.6. The second kappa shape index (κ2) is 10.5. The maximum absolute atomic E-state index is 12.0. The minimum Gasteiger partial charge on any atom is -0.497 e. The van der Waals surface area contributed by atoms with Crippen molar-refractivity contribution in [3.05, 3.63) is 29.8 Å². The quantitative estimate of drug-likeness (QED) is 0.545. The topological polar surface area (TPSA) is 78.4 Å². The first kappa shape index (κ1) is 23.8. The normalized spacial score (nSPS) is 18.3. The van der Waals surface area contributed by atoms with E-state index in [1.165, 1.54) is 5.56 Å². The fraction of sp³-hybridized carbons (Fsp3) is 0.636. The minimum atomic E-state index is -0.497. The average molecular weight is 420 g/mol. The van der Waals surface area contributed by atoms with E-state index in [4.69, 9.17) is 9.47 Å². The Hall–Kier alpha value is -2.48. The second-order valence-corrected chi connectivity index (χ2v) is 8.76. The van der Waals surface area contributed by atoms with Crippen molar-refractivity contribution < 1.29 is 14.3 Å². The van der Waals surface area contributed by atoms with Crippen molar-refractivity contribution in [2.45, 2.75) is 44.9 Å². The van der Waals surface area contributed by atoms with Gasteiger partial charge in [0.2, 0.25) is 0 Å². The molecule has 1 aromatic rings. The lowest BCUT2D eigenvalue weighted by Crippen LogP contribution is -2.45. The summed E-state index contributed by atoms with van der Waals surface area (Å²) in [4.78, 5) is 20.8. The van der Waals surface area contributed by atoms with Crippen LogP contribution in [0.5, 0.6) is 5.75 Å². The molecule has 1 amide bonds. The molecule has 0 aliphatic carbocycles. The monoisotopic (exact) mass is 419 g/mol. The molecule has 168 valence electrons. The zero-order valence-electron chi connectivity index (χ0n) is 19.4. The molecule has 30 heavy (non-hydrogen) atoms. The van der Waals surface area contributed by atoms with Crippen LogP contribution < -0.4 is 15.4 Å². The molecule has 0 aromatic heterocycles. The Morgan fingerprint density at radius 2 is 1.97 bits per heavy atom. The third-order valence-corrected chi connectivity index (χ3v) is 5.00. The SMILES string of the molecule is CN=C(NCC(c1ccc(OC)cc1)N(C)C)N1CCC(NC(=O)OC(C)(C)C)C1. The fourth-order valence-electron chi connectivity index (χ4n) is 3.49. The number of ether oxygens (including phenoxy) is 2. The number of hydrogen-bond acceptors (Lipinski definition) is 5. The van der Waals surface area contributed by atoms with Gasteiger partial charge in [0.1, 0.15) is 11.4 Å². The number of alkyl carbamates (subject to hydrolysis) is 1. The molecule has 1 saturated heterocycles. The van der Waals surface area contributed by atoms with E-state index in [9.17, 15) is 4.79 Å². The van der Waals surface area contributed by atoms with E-state index in [-0.39, 0.29) is 18.2 Å². The number of likely N-dealkylation sites (tertiary alicyclic amines) is 1. The molecule has 0 saturated carbocycles. The third-order valence-electron chi connectivity index (χ3n) is 5.00. The second-order valence-electron chi connectivity index (χ2n) is 8.76. The molecule has 1 heterocycles. The number of aliphatic imine (C=N–C) groups is 1. The fourth-order valence-corrected chi connectivity index (χ4v) is 3.49. The van der Waals surface area contributed by atoms with E-state index >= 15 is 0 Å². The van der Waals surface area contributed by atoms with Crippen LogP contribution in [0.4, 0.5) is 4.79 Å². The van der Waals surface area contributed by atoms with Gasteiger partial charge in [0.25, 0.3) is 0 Å². The Morgan fingerprint density at radius 1 is 1.30 bits per heavy atom. The Morgan fingerprint density at radius 3 is 2.50 bits per heavy atom. The van der Waals surface area contributed by atoms with Crippen molar-refractivity contribution in [2.75, 3.05) is 47.9 Å². The molecule has 2 atom stereocenters. The molecule has 0 bridgehead atoms. The number of rotatable bonds is 6. The van der Waals surface area contributed by atoms with E-state index in [2.05, 4.69) is 51.7 Å². The van der Waals surface area contributed by atoms with Crippen LogP contribution in [0.25, 0.3) is 0 Å². The van der Waals surface area contributed by atoms with Gasteiger partial charge in [0, 0.05) is 26.7 Å². The van der Waals surface area contributed by atoms with Gasteiger partial charge in [-0.25, -0.2) is 4.79 Å². The Kier molecular flexibility index (Phi) is 8.34. The lowest BCUT2D eigenvalue weighted by molar-refractivity contribution is 0.0507. The molecule has 1 aromatic carbocycles. The van der Waals surface area contributed by atoms with Gasteiger partial charge in [-0.15, -0.1) is 0 Å². The number of methoxy groups -OCH3 is 1. The smallest absolute Gasteiger partial charge is 0.407 e. The molecule has 0 spiro atoms. The minimum absolute atomic E-state index is 0.0460. The molecular weight excluding hydrogens is 382 g/mol. The summed E-state index contributed by atoms with van der Waals surface area (Å²) in [7, 11) is 7.59. The predicted molar refractivity (Wildman–Crippen MR) is 120 cm³/mol. The van der Waals surface area contributed by atoms with Crippen molar-refractivity contribution in [3.8, 4) is 5.75 Å². The predicted octanol–water partition coefficient (Wildman–Crippen LogP) is 2.47. The van der Waals surface area contributed by atoms with Crippen molar-refractivity contribution in [1.82, 2.24) is 20.4 Å². The van der Waals surface area contributed by atoms with Crippen molar-refractivity contribution in [3.63, 3.8) is 0 Å². The molecule has 8 nitrogen and oxygen atoms in total. The Balaban J connectivity index is 1.92. The number of nitrogens with one attached hydrogen (secondary N) is 2. The molecule has 1 fully saturated rings. The summed E-state index contributed by atoms with van der Waals surface area (Å²) >= 11 is 0. The highest BCUT2D eigenvalue weighted by Gasteiger charge is 2.28. The maximum Gasteiger partial charge on any atom is 0.407 e. The highest BCUT2D eigenvalue weighted by atomic mass is 16.6. The van der Waals surface area contributed by atoms with Gasteiger partial charge < -0.3 is 29.9 Å².